The van der Waals surface area contributed by atoms with Crippen LogP contribution >= 0.6 is 0 Å². The number of fused-ring (bicyclic) bond motifs is 3. The van der Waals surface area contributed by atoms with Gasteiger partial charge in [-0.3, -0.25) is 0 Å². The highest BCUT2D eigenvalue weighted by Crippen LogP contribution is 2.59. The molecule has 0 saturated heterocycles. The molecule has 4 fully saturated rings. The van der Waals surface area contributed by atoms with Crippen molar-refractivity contribution in [3.8, 4) is 0 Å². The first-order valence-corrected chi connectivity index (χ1v) is 14.0. The van der Waals surface area contributed by atoms with Gasteiger partial charge in [-0.2, -0.15) is 0 Å². The maximum Gasteiger partial charge on any atom is 0.0575 e. The summed E-state index contributed by atoms with van der Waals surface area (Å²) in [5, 5.41) is 0. The summed E-state index contributed by atoms with van der Waals surface area (Å²) in [5.41, 5.74) is 4.44. The number of ether oxygens (including phenoxy) is 1. The molecule has 0 aromatic heterocycles. The molecule has 1 nitrogen and oxygen atoms in total. The Bertz CT molecular complexity index is 669. The van der Waals surface area contributed by atoms with Gasteiger partial charge in [0.2, 0.25) is 0 Å². The van der Waals surface area contributed by atoms with E-state index < -0.39 is 0 Å². The molecule has 0 aliphatic heterocycles. The largest absolute Gasteiger partial charge is 0.378 e. The molecule has 178 valence electrons. The van der Waals surface area contributed by atoms with Crippen molar-refractivity contribution in [1.82, 2.24) is 0 Å². The fraction of sp³-hybridized carbons (Fsp3) is 0.742. The number of allylic oxidation sites excluding steroid dienone is 1. The Morgan fingerprint density at radius 2 is 1.56 bits per heavy atom. The molecule has 1 aromatic rings. The van der Waals surface area contributed by atoms with Crippen molar-refractivity contribution in [1.29, 1.82) is 0 Å². The van der Waals surface area contributed by atoms with Gasteiger partial charge in [0.05, 0.1) is 6.10 Å². The Balaban J connectivity index is 1.24. The van der Waals surface area contributed by atoms with Crippen LogP contribution in [0.2, 0.25) is 0 Å². The van der Waals surface area contributed by atoms with E-state index in [4.69, 9.17) is 4.74 Å². The number of rotatable bonds is 12. The minimum atomic E-state index is 0.496. The van der Waals surface area contributed by atoms with Crippen LogP contribution in [0, 0.1) is 5.41 Å². The lowest BCUT2D eigenvalue weighted by atomic mass is 9.51. The molecule has 4 aliphatic rings. The standard InChI is InChI=1S/C31H48O/c1-3-5-7-9-25-32-29-16-12-27(13-17-29)26-10-14-28(15-11-26)31-22-19-30(20-23-31,21-24-31)18-8-6-4-2/h3,10-11,14-15,27,29H,1,4-9,12-13,16-25H2,2H3. The predicted molar refractivity (Wildman–Crippen MR) is 137 cm³/mol. The lowest BCUT2D eigenvalue weighted by molar-refractivity contribution is 0.0228. The summed E-state index contributed by atoms with van der Waals surface area (Å²) in [5.74, 6) is 0.742. The SMILES string of the molecule is C=CCCCCOC1CCC(c2ccc(C34CCC(CCCCC)(CC3)CC4)cc2)CC1. The Labute approximate surface area is 198 Å². The maximum atomic E-state index is 6.15. The highest BCUT2D eigenvalue weighted by molar-refractivity contribution is 5.33. The van der Waals surface area contributed by atoms with Gasteiger partial charge in [-0.1, -0.05) is 56.5 Å². The van der Waals surface area contributed by atoms with Gasteiger partial charge < -0.3 is 4.74 Å². The van der Waals surface area contributed by atoms with Gasteiger partial charge in [-0.25, -0.2) is 0 Å². The molecular weight excluding hydrogens is 388 g/mol. The molecule has 0 spiro atoms. The second kappa shape index (κ2) is 11.4. The average Bonchev–Trinajstić information content (AvgIpc) is 2.86. The molecule has 4 saturated carbocycles. The van der Waals surface area contributed by atoms with E-state index in [0.717, 1.165) is 18.9 Å². The van der Waals surface area contributed by atoms with Crippen molar-refractivity contribution < 1.29 is 4.74 Å². The molecule has 0 radical (unpaired) electrons. The van der Waals surface area contributed by atoms with Crippen LogP contribution in [0.1, 0.15) is 133 Å². The zero-order valence-corrected chi connectivity index (χ0v) is 20.9. The molecule has 0 unspecified atom stereocenters. The van der Waals surface area contributed by atoms with Crippen LogP contribution in [0.5, 0.6) is 0 Å². The third-order valence-corrected chi connectivity index (χ3v) is 9.54. The van der Waals surface area contributed by atoms with E-state index in [-0.39, 0.29) is 0 Å². The van der Waals surface area contributed by atoms with E-state index >= 15 is 0 Å². The number of unbranched alkanes of at least 4 members (excludes halogenated alkanes) is 4. The summed E-state index contributed by atoms with van der Waals surface area (Å²) in [6.07, 6.45) is 25.6. The highest BCUT2D eigenvalue weighted by Gasteiger charge is 2.48. The molecule has 0 amide bonds. The third-order valence-electron chi connectivity index (χ3n) is 9.54. The first kappa shape index (κ1) is 24.1. The van der Waals surface area contributed by atoms with Gasteiger partial charge >= 0.3 is 0 Å². The molecule has 1 aromatic carbocycles. The number of benzene rings is 1. The Morgan fingerprint density at radius 3 is 2.19 bits per heavy atom. The van der Waals surface area contributed by atoms with E-state index in [1.54, 1.807) is 11.1 Å². The van der Waals surface area contributed by atoms with Crippen LogP contribution in [-0.2, 0) is 10.2 Å². The second-order valence-corrected chi connectivity index (χ2v) is 11.5. The molecular formula is C31H48O. The predicted octanol–water partition coefficient (Wildman–Crippen LogP) is 9.26. The molecule has 2 bridgehead atoms. The smallest absolute Gasteiger partial charge is 0.0575 e. The quantitative estimate of drug-likeness (QED) is 0.234. The van der Waals surface area contributed by atoms with Crippen molar-refractivity contribution in [2.45, 2.75) is 134 Å². The van der Waals surface area contributed by atoms with Gasteiger partial charge in [0.15, 0.2) is 0 Å². The Kier molecular flexibility index (Phi) is 8.55. The van der Waals surface area contributed by atoms with E-state index in [0.29, 0.717) is 16.9 Å². The average molecular weight is 437 g/mol. The lowest BCUT2D eigenvalue weighted by Crippen LogP contribution is -2.44. The Hall–Kier alpha value is -1.08. The molecule has 4 aliphatic carbocycles. The Morgan fingerprint density at radius 1 is 0.875 bits per heavy atom. The van der Waals surface area contributed by atoms with Crippen LogP contribution in [0.3, 0.4) is 0 Å². The van der Waals surface area contributed by atoms with Crippen molar-refractivity contribution in [3.05, 3.63) is 48.0 Å². The van der Waals surface area contributed by atoms with Crippen LogP contribution < -0.4 is 0 Å². The first-order valence-electron chi connectivity index (χ1n) is 14.0. The van der Waals surface area contributed by atoms with Gasteiger partial charge in [0.25, 0.3) is 0 Å². The van der Waals surface area contributed by atoms with Crippen molar-refractivity contribution in [3.63, 3.8) is 0 Å². The zero-order chi connectivity index (χ0) is 22.3. The lowest BCUT2D eigenvalue weighted by Gasteiger charge is -2.54. The third kappa shape index (κ3) is 5.69. The van der Waals surface area contributed by atoms with Crippen LogP contribution in [0.4, 0.5) is 0 Å². The summed E-state index contributed by atoms with van der Waals surface area (Å²) in [4.78, 5) is 0. The summed E-state index contributed by atoms with van der Waals surface area (Å²) in [7, 11) is 0. The van der Waals surface area contributed by atoms with Crippen LogP contribution in [-0.4, -0.2) is 12.7 Å². The fourth-order valence-electron chi connectivity index (χ4n) is 7.13. The van der Waals surface area contributed by atoms with Crippen LogP contribution in [0.15, 0.2) is 36.9 Å². The number of hydrogen-bond acceptors (Lipinski definition) is 1. The fourth-order valence-corrected chi connectivity index (χ4v) is 7.13. The summed E-state index contributed by atoms with van der Waals surface area (Å²) >= 11 is 0. The van der Waals surface area contributed by atoms with Gasteiger partial charge in [-0.15, -0.1) is 6.58 Å². The van der Waals surface area contributed by atoms with E-state index in [2.05, 4.69) is 37.8 Å². The highest BCUT2D eigenvalue weighted by atomic mass is 16.5. The molecule has 32 heavy (non-hydrogen) atoms. The van der Waals surface area contributed by atoms with Crippen molar-refractivity contribution in [2.24, 2.45) is 5.41 Å². The second-order valence-electron chi connectivity index (χ2n) is 11.5. The molecule has 0 N–H and O–H groups in total. The van der Waals surface area contributed by atoms with Crippen molar-refractivity contribution >= 4 is 0 Å². The molecule has 0 heterocycles. The summed E-state index contributed by atoms with van der Waals surface area (Å²) in [6.45, 7) is 7.07. The number of hydrogen-bond donors (Lipinski definition) is 0. The molecule has 1 heteroatoms. The zero-order valence-electron chi connectivity index (χ0n) is 20.9. The molecule has 5 rings (SSSR count). The van der Waals surface area contributed by atoms with E-state index in [1.807, 2.05) is 6.08 Å². The van der Waals surface area contributed by atoms with Crippen molar-refractivity contribution in [2.75, 3.05) is 6.61 Å². The topological polar surface area (TPSA) is 9.23 Å². The minimum absolute atomic E-state index is 0.496. The summed E-state index contributed by atoms with van der Waals surface area (Å²) in [6, 6.07) is 10.0. The minimum Gasteiger partial charge on any atom is -0.378 e. The summed E-state index contributed by atoms with van der Waals surface area (Å²) < 4.78 is 6.15. The maximum absolute atomic E-state index is 6.15. The van der Waals surface area contributed by atoms with E-state index in [1.165, 1.54) is 103 Å². The van der Waals surface area contributed by atoms with Gasteiger partial charge in [-0.05, 0) is 118 Å². The van der Waals surface area contributed by atoms with E-state index in [9.17, 15) is 0 Å². The van der Waals surface area contributed by atoms with Crippen LogP contribution in [0.25, 0.3) is 0 Å². The normalized spacial score (nSPS) is 32.2. The monoisotopic (exact) mass is 436 g/mol. The molecule has 0 atom stereocenters. The van der Waals surface area contributed by atoms with Gasteiger partial charge in [0, 0.05) is 6.61 Å². The first-order chi connectivity index (χ1) is 15.7. The van der Waals surface area contributed by atoms with Gasteiger partial charge in [0.1, 0.15) is 0 Å².